The molecular formula is C17H26N2S. The third-order valence-corrected chi connectivity index (χ3v) is 6.61. The lowest BCUT2D eigenvalue weighted by atomic mass is 9.86. The molecule has 3 aliphatic rings. The number of nitrogens with one attached hydrogen (secondary N) is 1. The van der Waals surface area contributed by atoms with E-state index in [4.69, 9.17) is 0 Å². The van der Waals surface area contributed by atoms with Gasteiger partial charge in [-0.2, -0.15) is 0 Å². The molecule has 4 rings (SSSR count). The summed E-state index contributed by atoms with van der Waals surface area (Å²) in [4.78, 5) is 4.49. The maximum Gasteiger partial charge on any atom is 0.0359 e. The van der Waals surface area contributed by atoms with E-state index in [-0.39, 0.29) is 0 Å². The molecule has 0 radical (unpaired) electrons. The van der Waals surface area contributed by atoms with E-state index in [0.29, 0.717) is 0 Å². The zero-order valence-electron chi connectivity index (χ0n) is 12.3. The number of fused-ring (bicyclic) bond motifs is 1. The first-order valence-corrected chi connectivity index (χ1v) is 9.33. The number of likely N-dealkylation sites (tertiary alicyclic amines) is 1. The van der Waals surface area contributed by atoms with Gasteiger partial charge in [-0.25, -0.2) is 0 Å². The molecule has 2 saturated heterocycles. The largest absolute Gasteiger partial charge is 0.314 e. The van der Waals surface area contributed by atoms with Crippen LogP contribution in [0.15, 0.2) is 11.4 Å². The summed E-state index contributed by atoms with van der Waals surface area (Å²) in [6.45, 7) is 3.90. The normalized spacial score (nSPS) is 35.1. The van der Waals surface area contributed by atoms with Crippen LogP contribution in [0.2, 0.25) is 0 Å². The average molecular weight is 290 g/mol. The molecule has 0 amide bonds. The van der Waals surface area contributed by atoms with E-state index >= 15 is 0 Å². The topological polar surface area (TPSA) is 15.3 Å². The molecule has 1 aliphatic carbocycles. The average Bonchev–Trinajstić information content (AvgIpc) is 3.18. The maximum absolute atomic E-state index is 3.74. The molecule has 1 aromatic rings. The van der Waals surface area contributed by atoms with Gasteiger partial charge in [0.05, 0.1) is 0 Å². The summed E-state index contributed by atoms with van der Waals surface area (Å²) in [6, 6.07) is 3.94. The Labute approximate surface area is 126 Å². The Bertz CT molecular complexity index is 450. The third kappa shape index (κ3) is 2.44. The number of aryl methyl sites for hydroxylation is 1. The highest BCUT2D eigenvalue weighted by Gasteiger charge is 2.34. The van der Waals surface area contributed by atoms with Crippen LogP contribution >= 0.6 is 11.3 Å². The molecule has 3 unspecified atom stereocenters. The summed E-state index contributed by atoms with van der Waals surface area (Å²) in [6.07, 6.45) is 9.74. The molecule has 0 spiro atoms. The number of thiophene rings is 1. The second kappa shape index (κ2) is 5.78. The van der Waals surface area contributed by atoms with E-state index < -0.39 is 0 Å². The minimum atomic E-state index is 0.731. The molecule has 2 aliphatic heterocycles. The standard InChI is InChI=1S/C17H26N2S/c1-6-16(14-8-11-20-17(14)7-1)19-10-3-4-13(12-19)15-5-2-9-18-15/h8,11,13,15-16,18H,1-7,9-10,12H2. The minimum absolute atomic E-state index is 0.731. The summed E-state index contributed by atoms with van der Waals surface area (Å²) < 4.78 is 0. The van der Waals surface area contributed by atoms with Gasteiger partial charge in [0.25, 0.3) is 0 Å². The maximum atomic E-state index is 3.74. The van der Waals surface area contributed by atoms with Gasteiger partial charge in [0, 0.05) is 23.5 Å². The van der Waals surface area contributed by atoms with E-state index in [2.05, 4.69) is 21.7 Å². The van der Waals surface area contributed by atoms with Crippen molar-refractivity contribution in [2.75, 3.05) is 19.6 Å². The van der Waals surface area contributed by atoms with E-state index in [1.54, 1.807) is 10.4 Å². The van der Waals surface area contributed by atoms with Crippen LogP contribution in [0.5, 0.6) is 0 Å². The van der Waals surface area contributed by atoms with Crippen molar-refractivity contribution in [3.8, 4) is 0 Å². The molecular weight excluding hydrogens is 264 g/mol. The smallest absolute Gasteiger partial charge is 0.0359 e. The van der Waals surface area contributed by atoms with Crippen LogP contribution in [-0.2, 0) is 6.42 Å². The molecule has 2 fully saturated rings. The fourth-order valence-corrected chi connectivity index (χ4v) is 5.59. The van der Waals surface area contributed by atoms with Crippen molar-refractivity contribution in [3.05, 3.63) is 21.9 Å². The van der Waals surface area contributed by atoms with Crippen molar-refractivity contribution in [1.82, 2.24) is 10.2 Å². The van der Waals surface area contributed by atoms with Crippen molar-refractivity contribution in [2.24, 2.45) is 5.92 Å². The first-order valence-electron chi connectivity index (χ1n) is 8.45. The highest BCUT2D eigenvalue weighted by molar-refractivity contribution is 7.10. The number of nitrogens with zero attached hydrogens (tertiary/aromatic N) is 1. The fraction of sp³-hybridized carbons (Fsp3) is 0.765. The lowest BCUT2D eigenvalue weighted by molar-refractivity contribution is 0.0978. The number of rotatable bonds is 2. The van der Waals surface area contributed by atoms with Gasteiger partial charge < -0.3 is 5.32 Å². The Hall–Kier alpha value is -0.380. The van der Waals surface area contributed by atoms with Crippen molar-refractivity contribution in [3.63, 3.8) is 0 Å². The molecule has 3 heterocycles. The molecule has 110 valence electrons. The second-order valence-corrected chi connectivity index (χ2v) is 7.81. The summed E-state index contributed by atoms with van der Waals surface area (Å²) in [5.74, 6) is 0.898. The Kier molecular flexibility index (Phi) is 3.84. The van der Waals surface area contributed by atoms with E-state index in [1.165, 1.54) is 64.6 Å². The predicted octanol–water partition coefficient (Wildman–Crippen LogP) is 3.59. The van der Waals surface area contributed by atoms with Gasteiger partial charge in [-0.3, -0.25) is 4.90 Å². The first kappa shape index (κ1) is 13.3. The quantitative estimate of drug-likeness (QED) is 0.895. The van der Waals surface area contributed by atoms with Crippen molar-refractivity contribution in [2.45, 2.75) is 57.0 Å². The van der Waals surface area contributed by atoms with Gasteiger partial charge in [-0.15, -0.1) is 11.3 Å². The van der Waals surface area contributed by atoms with Gasteiger partial charge in [0.2, 0.25) is 0 Å². The van der Waals surface area contributed by atoms with Crippen LogP contribution in [0, 0.1) is 5.92 Å². The highest BCUT2D eigenvalue weighted by atomic mass is 32.1. The van der Waals surface area contributed by atoms with Crippen LogP contribution in [0.3, 0.4) is 0 Å². The summed E-state index contributed by atoms with van der Waals surface area (Å²) in [5.41, 5.74) is 1.67. The van der Waals surface area contributed by atoms with Crippen molar-refractivity contribution >= 4 is 11.3 Å². The van der Waals surface area contributed by atoms with Crippen LogP contribution in [0.1, 0.15) is 55.0 Å². The second-order valence-electron chi connectivity index (χ2n) is 6.81. The van der Waals surface area contributed by atoms with E-state index in [1.807, 2.05) is 11.3 Å². The molecule has 2 nitrogen and oxygen atoms in total. The van der Waals surface area contributed by atoms with Crippen molar-refractivity contribution in [1.29, 1.82) is 0 Å². The van der Waals surface area contributed by atoms with Gasteiger partial charge >= 0.3 is 0 Å². The molecule has 3 atom stereocenters. The van der Waals surface area contributed by atoms with Crippen LogP contribution in [0.4, 0.5) is 0 Å². The summed E-state index contributed by atoms with van der Waals surface area (Å²) in [5, 5.41) is 6.05. The third-order valence-electron chi connectivity index (χ3n) is 5.62. The SMILES string of the molecule is c1cc2c(s1)CCCC2N1CCCC(C2CCCN2)C1. The molecule has 3 heteroatoms. The molecule has 1 aromatic heterocycles. The Balaban J connectivity index is 1.49. The predicted molar refractivity (Wildman–Crippen MR) is 85.3 cm³/mol. The van der Waals surface area contributed by atoms with Crippen LogP contribution in [0.25, 0.3) is 0 Å². The van der Waals surface area contributed by atoms with Gasteiger partial charge in [-0.1, -0.05) is 0 Å². The molecule has 0 aromatic carbocycles. The number of piperidine rings is 1. The minimum Gasteiger partial charge on any atom is -0.314 e. The summed E-state index contributed by atoms with van der Waals surface area (Å²) >= 11 is 1.98. The van der Waals surface area contributed by atoms with Crippen LogP contribution in [-0.4, -0.2) is 30.6 Å². The van der Waals surface area contributed by atoms with Gasteiger partial charge in [0.15, 0.2) is 0 Å². The zero-order chi connectivity index (χ0) is 13.4. The summed E-state index contributed by atoms with van der Waals surface area (Å²) in [7, 11) is 0. The molecule has 20 heavy (non-hydrogen) atoms. The lowest BCUT2D eigenvalue weighted by Gasteiger charge is -2.41. The Morgan fingerprint density at radius 2 is 2.15 bits per heavy atom. The lowest BCUT2D eigenvalue weighted by Crippen LogP contribution is -2.45. The van der Waals surface area contributed by atoms with Crippen LogP contribution < -0.4 is 5.32 Å². The monoisotopic (exact) mass is 290 g/mol. The van der Waals surface area contributed by atoms with E-state index in [9.17, 15) is 0 Å². The number of hydrogen-bond acceptors (Lipinski definition) is 3. The molecule has 0 bridgehead atoms. The van der Waals surface area contributed by atoms with Gasteiger partial charge in [0.1, 0.15) is 0 Å². The Morgan fingerprint density at radius 3 is 3.05 bits per heavy atom. The van der Waals surface area contributed by atoms with E-state index in [0.717, 1.165) is 18.0 Å². The zero-order valence-corrected chi connectivity index (χ0v) is 13.1. The van der Waals surface area contributed by atoms with Gasteiger partial charge in [-0.05, 0) is 81.0 Å². The first-order chi connectivity index (χ1) is 9.92. The van der Waals surface area contributed by atoms with Crippen molar-refractivity contribution < 1.29 is 0 Å². The molecule has 0 saturated carbocycles. The number of hydrogen-bond donors (Lipinski definition) is 1. The highest BCUT2D eigenvalue weighted by Crippen LogP contribution is 2.39. The fourth-order valence-electron chi connectivity index (χ4n) is 4.61. The molecule has 1 N–H and O–H groups in total. The Morgan fingerprint density at radius 1 is 1.15 bits per heavy atom.